The molecule has 1 aliphatic rings. The normalized spacial score (nSPS) is 18.7. The minimum absolute atomic E-state index is 0.137. The van der Waals surface area contributed by atoms with Gasteiger partial charge in [-0.2, -0.15) is 0 Å². The Morgan fingerprint density at radius 1 is 1.41 bits per heavy atom. The van der Waals surface area contributed by atoms with Crippen molar-refractivity contribution in [2.45, 2.75) is 58.1 Å². The average Bonchev–Trinajstić information content (AvgIpc) is 3.11. The molecule has 0 amide bonds. The lowest BCUT2D eigenvalue weighted by Crippen LogP contribution is -2.36. The third-order valence-electron chi connectivity index (χ3n) is 4.26. The molecule has 1 aliphatic carbocycles. The van der Waals surface area contributed by atoms with Crippen LogP contribution in [0.3, 0.4) is 0 Å². The van der Waals surface area contributed by atoms with Gasteiger partial charge < -0.3 is 14.8 Å². The molecule has 0 aromatic carbocycles. The number of nitrogens with zero attached hydrogens (tertiary/aromatic N) is 1. The van der Waals surface area contributed by atoms with E-state index in [1.165, 1.54) is 29.8 Å². The molecule has 0 bridgehead atoms. The summed E-state index contributed by atoms with van der Waals surface area (Å²) in [5.41, 5.74) is 0.271. The van der Waals surface area contributed by atoms with Crippen LogP contribution in [0.15, 0.2) is 16.5 Å². The summed E-state index contributed by atoms with van der Waals surface area (Å²) >= 11 is 1.82. The van der Waals surface area contributed by atoms with Crippen molar-refractivity contribution in [3.05, 3.63) is 39.2 Å². The van der Waals surface area contributed by atoms with E-state index in [1.807, 2.05) is 30.4 Å². The van der Waals surface area contributed by atoms with Crippen molar-refractivity contribution in [1.82, 2.24) is 10.3 Å². The molecule has 0 radical (unpaired) electrons. The zero-order valence-electron chi connectivity index (χ0n) is 13.5. The third-order valence-corrected chi connectivity index (χ3v) is 5.60. The van der Waals surface area contributed by atoms with Crippen molar-refractivity contribution in [3.63, 3.8) is 0 Å². The van der Waals surface area contributed by atoms with Crippen LogP contribution in [-0.4, -0.2) is 16.6 Å². The molecule has 2 N–H and O–H groups in total. The summed E-state index contributed by atoms with van der Waals surface area (Å²) in [5, 5.41) is 15.1. The highest BCUT2D eigenvalue weighted by Gasteiger charge is 2.28. The average molecular weight is 320 g/mol. The lowest BCUT2D eigenvalue weighted by molar-refractivity contribution is 0.0313. The summed E-state index contributed by atoms with van der Waals surface area (Å²) in [7, 11) is 0. The molecule has 2 aromatic heterocycles. The van der Waals surface area contributed by atoms with Gasteiger partial charge in [-0.05, 0) is 58.6 Å². The summed E-state index contributed by atoms with van der Waals surface area (Å²) in [6.45, 7) is 6.20. The second-order valence-corrected chi connectivity index (χ2v) is 7.53. The molecule has 2 heterocycles. The molecular formula is C17H24N2O2S. The Labute approximate surface area is 135 Å². The Kier molecular flexibility index (Phi) is 4.39. The number of furan rings is 1. The van der Waals surface area contributed by atoms with Crippen LogP contribution in [0, 0.1) is 6.92 Å². The molecule has 0 saturated carbocycles. The van der Waals surface area contributed by atoms with E-state index in [-0.39, 0.29) is 6.04 Å². The van der Waals surface area contributed by atoms with Crippen LogP contribution in [0.25, 0.3) is 0 Å². The van der Waals surface area contributed by atoms with Gasteiger partial charge in [-0.1, -0.05) is 0 Å². The highest BCUT2D eigenvalue weighted by molar-refractivity contribution is 7.11. The molecule has 120 valence electrons. The number of fused-ring (bicyclic) bond motifs is 1. The molecule has 3 rings (SSSR count). The monoisotopic (exact) mass is 320 g/mol. The van der Waals surface area contributed by atoms with Crippen LogP contribution in [0.1, 0.15) is 59.8 Å². The van der Waals surface area contributed by atoms with Gasteiger partial charge in [0.25, 0.3) is 0 Å². The standard InChI is InChI=1S/C17H24N2O2S/c1-11-8-9-15(21-11)17(3,20)10-18-12(2)16-19-13-6-4-5-7-14(13)22-16/h8-9,12,18,20H,4-7,10H2,1-3H3. The largest absolute Gasteiger partial charge is 0.463 e. The van der Waals surface area contributed by atoms with Gasteiger partial charge in [0.05, 0.1) is 11.7 Å². The Morgan fingerprint density at radius 2 is 2.18 bits per heavy atom. The fourth-order valence-corrected chi connectivity index (χ4v) is 3.99. The molecule has 0 saturated heterocycles. The number of rotatable bonds is 5. The number of nitrogens with one attached hydrogen (secondary N) is 1. The summed E-state index contributed by atoms with van der Waals surface area (Å²) in [5.74, 6) is 1.42. The molecule has 0 fully saturated rings. The highest BCUT2D eigenvalue weighted by atomic mass is 32.1. The second-order valence-electron chi connectivity index (χ2n) is 6.42. The fourth-order valence-electron chi connectivity index (χ4n) is 2.81. The molecule has 4 nitrogen and oxygen atoms in total. The van der Waals surface area contributed by atoms with Crippen molar-refractivity contribution >= 4 is 11.3 Å². The summed E-state index contributed by atoms with van der Waals surface area (Å²) in [4.78, 5) is 6.23. The van der Waals surface area contributed by atoms with Crippen molar-refractivity contribution < 1.29 is 9.52 Å². The molecule has 2 atom stereocenters. The lowest BCUT2D eigenvalue weighted by atomic mass is 10.0. The molecule has 22 heavy (non-hydrogen) atoms. The quantitative estimate of drug-likeness (QED) is 0.885. The Bertz CT molecular complexity index is 621. The Hall–Kier alpha value is -1.17. The zero-order valence-corrected chi connectivity index (χ0v) is 14.3. The maximum atomic E-state index is 10.6. The van der Waals surface area contributed by atoms with Crippen LogP contribution < -0.4 is 5.32 Å². The van der Waals surface area contributed by atoms with Gasteiger partial charge >= 0.3 is 0 Å². The van der Waals surface area contributed by atoms with E-state index in [1.54, 1.807) is 6.92 Å². The van der Waals surface area contributed by atoms with E-state index in [4.69, 9.17) is 9.40 Å². The fraction of sp³-hybridized carbons (Fsp3) is 0.588. The van der Waals surface area contributed by atoms with Gasteiger partial charge in [-0.15, -0.1) is 11.3 Å². The topological polar surface area (TPSA) is 58.3 Å². The molecule has 2 aromatic rings. The van der Waals surface area contributed by atoms with E-state index < -0.39 is 5.60 Å². The SMILES string of the molecule is Cc1ccc(C(C)(O)CNC(C)c2nc3c(s2)CCCC3)o1. The van der Waals surface area contributed by atoms with Gasteiger partial charge in [0, 0.05) is 11.4 Å². The highest BCUT2D eigenvalue weighted by Crippen LogP contribution is 2.30. The summed E-state index contributed by atoms with van der Waals surface area (Å²) in [6, 6.07) is 3.85. The molecule has 2 unspecified atom stereocenters. The molecule has 5 heteroatoms. The number of aromatic nitrogens is 1. The zero-order chi connectivity index (χ0) is 15.7. The van der Waals surface area contributed by atoms with Crippen molar-refractivity contribution in [2.24, 2.45) is 0 Å². The van der Waals surface area contributed by atoms with Gasteiger partial charge in [-0.3, -0.25) is 0 Å². The van der Waals surface area contributed by atoms with Crippen LogP contribution in [0.4, 0.5) is 0 Å². The number of thiazole rings is 1. The van der Waals surface area contributed by atoms with Crippen LogP contribution >= 0.6 is 11.3 Å². The van der Waals surface area contributed by atoms with Gasteiger partial charge in [-0.25, -0.2) is 4.98 Å². The smallest absolute Gasteiger partial charge is 0.136 e. The first-order valence-electron chi connectivity index (χ1n) is 7.97. The van der Waals surface area contributed by atoms with Crippen molar-refractivity contribution in [3.8, 4) is 0 Å². The minimum Gasteiger partial charge on any atom is -0.463 e. The third kappa shape index (κ3) is 3.26. The van der Waals surface area contributed by atoms with E-state index in [0.29, 0.717) is 12.3 Å². The predicted octanol–water partition coefficient (Wildman–Crippen LogP) is 3.48. The van der Waals surface area contributed by atoms with Gasteiger partial charge in [0.1, 0.15) is 22.1 Å². The maximum Gasteiger partial charge on any atom is 0.136 e. The van der Waals surface area contributed by atoms with Gasteiger partial charge in [0.15, 0.2) is 0 Å². The molecular weight excluding hydrogens is 296 g/mol. The Morgan fingerprint density at radius 3 is 2.86 bits per heavy atom. The summed E-state index contributed by atoms with van der Waals surface area (Å²) in [6.07, 6.45) is 4.82. The second kappa shape index (κ2) is 6.14. The molecule has 0 spiro atoms. The number of aliphatic hydroxyl groups is 1. The first-order chi connectivity index (χ1) is 10.5. The number of aryl methyl sites for hydroxylation is 3. The number of hydrogen-bond donors (Lipinski definition) is 2. The van der Waals surface area contributed by atoms with E-state index in [2.05, 4.69) is 12.2 Å². The number of hydrogen-bond acceptors (Lipinski definition) is 5. The van der Waals surface area contributed by atoms with E-state index >= 15 is 0 Å². The van der Waals surface area contributed by atoms with E-state index in [9.17, 15) is 5.11 Å². The maximum absolute atomic E-state index is 10.6. The molecule has 0 aliphatic heterocycles. The Balaban J connectivity index is 1.64. The van der Waals surface area contributed by atoms with Crippen LogP contribution in [-0.2, 0) is 18.4 Å². The summed E-state index contributed by atoms with van der Waals surface area (Å²) < 4.78 is 5.55. The van der Waals surface area contributed by atoms with Gasteiger partial charge in [0.2, 0.25) is 0 Å². The first kappa shape index (κ1) is 15.7. The first-order valence-corrected chi connectivity index (χ1v) is 8.78. The lowest BCUT2D eigenvalue weighted by Gasteiger charge is -2.23. The van der Waals surface area contributed by atoms with Crippen LogP contribution in [0.2, 0.25) is 0 Å². The van der Waals surface area contributed by atoms with Crippen molar-refractivity contribution in [1.29, 1.82) is 0 Å². The minimum atomic E-state index is -1.01. The van der Waals surface area contributed by atoms with E-state index in [0.717, 1.165) is 17.2 Å². The van der Waals surface area contributed by atoms with Crippen LogP contribution in [0.5, 0.6) is 0 Å². The van der Waals surface area contributed by atoms with Crippen molar-refractivity contribution in [2.75, 3.05) is 6.54 Å². The predicted molar refractivity (Wildman–Crippen MR) is 88.2 cm³/mol.